The highest BCUT2D eigenvalue weighted by atomic mass is 19.1. The number of nitrogens with zero attached hydrogens (tertiary/aromatic N) is 1. The van der Waals surface area contributed by atoms with Crippen molar-refractivity contribution in [2.75, 3.05) is 17.7 Å². The molecule has 0 bridgehead atoms. The van der Waals surface area contributed by atoms with Gasteiger partial charge in [0.25, 0.3) is 0 Å². The highest BCUT2D eigenvalue weighted by Gasteiger charge is 2.09. The Morgan fingerprint density at radius 2 is 1.83 bits per heavy atom. The number of hydrogen-bond acceptors (Lipinski definition) is 2. The molecule has 0 atom stereocenters. The Bertz CT molecular complexity index is 555. The highest BCUT2D eigenvalue weighted by molar-refractivity contribution is 5.67. The number of hydrogen-bond donors (Lipinski definition) is 1. The second-order valence-corrected chi connectivity index (χ2v) is 4.15. The molecule has 2 aromatic rings. The number of anilines is 2. The number of rotatable bonds is 3. The summed E-state index contributed by atoms with van der Waals surface area (Å²) in [5.41, 5.74) is 7.35. The van der Waals surface area contributed by atoms with Crippen LogP contribution < -0.4 is 10.6 Å². The molecule has 0 saturated carbocycles. The lowest BCUT2D eigenvalue weighted by atomic mass is 10.2. The molecule has 0 aliphatic carbocycles. The van der Waals surface area contributed by atoms with Gasteiger partial charge in [0.1, 0.15) is 11.6 Å². The molecular formula is C14H14F2N2. The summed E-state index contributed by atoms with van der Waals surface area (Å²) in [5.74, 6) is -0.640. The lowest BCUT2D eigenvalue weighted by molar-refractivity contribution is 0.607. The van der Waals surface area contributed by atoms with Gasteiger partial charge in [0.2, 0.25) is 0 Å². The molecule has 0 radical (unpaired) electrons. The smallest absolute Gasteiger partial charge is 0.128 e. The number of halogens is 2. The van der Waals surface area contributed by atoms with Crippen LogP contribution in [0.5, 0.6) is 0 Å². The lowest BCUT2D eigenvalue weighted by Crippen LogP contribution is -2.18. The van der Waals surface area contributed by atoms with E-state index >= 15 is 0 Å². The van der Waals surface area contributed by atoms with Crippen LogP contribution >= 0.6 is 0 Å². The first-order valence-corrected chi connectivity index (χ1v) is 5.57. The molecule has 0 aliphatic heterocycles. The molecule has 94 valence electrons. The average molecular weight is 248 g/mol. The van der Waals surface area contributed by atoms with E-state index in [1.165, 1.54) is 24.3 Å². The van der Waals surface area contributed by atoms with E-state index < -0.39 is 0 Å². The van der Waals surface area contributed by atoms with E-state index in [0.29, 0.717) is 23.5 Å². The van der Waals surface area contributed by atoms with Crippen molar-refractivity contribution in [1.29, 1.82) is 0 Å². The van der Waals surface area contributed by atoms with E-state index in [1.807, 2.05) is 0 Å². The van der Waals surface area contributed by atoms with Gasteiger partial charge in [-0.15, -0.1) is 0 Å². The van der Waals surface area contributed by atoms with Crippen molar-refractivity contribution in [2.45, 2.75) is 6.54 Å². The summed E-state index contributed by atoms with van der Waals surface area (Å²) in [7, 11) is 1.75. The van der Waals surface area contributed by atoms with E-state index in [1.54, 1.807) is 30.1 Å². The summed E-state index contributed by atoms with van der Waals surface area (Å²) in [6.07, 6.45) is 0. The zero-order valence-electron chi connectivity index (χ0n) is 10.0. The Morgan fingerprint density at radius 1 is 1.11 bits per heavy atom. The maximum atomic E-state index is 13.5. The first-order valence-electron chi connectivity index (χ1n) is 5.57. The first kappa shape index (κ1) is 12.4. The maximum absolute atomic E-state index is 13.5. The molecule has 2 aromatic carbocycles. The van der Waals surface area contributed by atoms with Crippen molar-refractivity contribution in [1.82, 2.24) is 0 Å². The van der Waals surface area contributed by atoms with Crippen molar-refractivity contribution in [2.24, 2.45) is 0 Å². The van der Waals surface area contributed by atoms with E-state index in [9.17, 15) is 8.78 Å². The molecule has 4 heteroatoms. The molecular weight excluding hydrogens is 234 g/mol. The van der Waals surface area contributed by atoms with Gasteiger partial charge < -0.3 is 10.6 Å². The molecule has 2 rings (SSSR count). The Kier molecular flexibility index (Phi) is 3.46. The quantitative estimate of drug-likeness (QED) is 0.845. The molecule has 0 heterocycles. The maximum Gasteiger partial charge on any atom is 0.128 e. The summed E-state index contributed by atoms with van der Waals surface area (Å²) in [6.45, 7) is 0.334. The van der Waals surface area contributed by atoms with Crippen LogP contribution in [0.2, 0.25) is 0 Å². The summed E-state index contributed by atoms with van der Waals surface area (Å²) in [4.78, 5) is 1.72. The van der Waals surface area contributed by atoms with Crippen LogP contribution in [0, 0.1) is 11.6 Å². The van der Waals surface area contributed by atoms with Crippen molar-refractivity contribution in [3.05, 3.63) is 59.7 Å². The van der Waals surface area contributed by atoms with Crippen molar-refractivity contribution >= 4 is 11.4 Å². The lowest BCUT2D eigenvalue weighted by Gasteiger charge is -2.21. The van der Waals surface area contributed by atoms with Gasteiger partial charge in [0, 0.05) is 19.2 Å². The molecule has 0 aromatic heterocycles. The third-order valence-electron chi connectivity index (χ3n) is 2.77. The summed E-state index contributed by atoms with van der Waals surface area (Å²) < 4.78 is 26.7. The van der Waals surface area contributed by atoms with Crippen molar-refractivity contribution in [3.63, 3.8) is 0 Å². The van der Waals surface area contributed by atoms with Gasteiger partial charge in [0.15, 0.2) is 0 Å². The minimum atomic E-state index is -0.361. The van der Waals surface area contributed by atoms with Crippen LogP contribution in [-0.4, -0.2) is 7.05 Å². The van der Waals surface area contributed by atoms with Crippen LogP contribution in [0.1, 0.15) is 5.56 Å². The zero-order valence-corrected chi connectivity index (χ0v) is 10.0. The Hall–Kier alpha value is -2.10. The number of benzene rings is 2. The molecule has 0 fully saturated rings. The van der Waals surface area contributed by atoms with E-state index in [4.69, 9.17) is 5.73 Å². The van der Waals surface area contributed by atoms with Gasteiger partial charge >= 0.3 is 0 Å². The van der Waals surface area contributed by atoms with Gasteiger partial charge in [-0.3, -0.25) is 0 Å². The third kappa shape index (κ3) is 2.59. The number of nitrogens with two attached hydrogens (primary N) is 1. The second kappa shape index (κ2) is 5.04. The average Bonchev–Trinajstić information content (AvgIpc) is 2.35. The van der Waals surface area contributed by atoms with Gasteiger partial charge in [-0.25, -0.2) is 8.78 Å². The van der Waals surface area contributed by atoms with Crippen molar-refractivity contribution < 1.29 is 8.78 Å². The first-order chi connectivity index (χ1) is 8.58. The highest BCUT2D eigenvalue weighted by Crippen LogP contribution is 2.24. The van der Waals surface area contributed by atoms with Crippen molar-refractivity contribution in [3.8, 4) is 0 Å². The monoisotopic (exact) mass is 248 g/mol. The predicted molar refractivity (Wildman–Crippen MR) is 69.3 cm³/mol. The molecule has 2 nitrogen and oxygen atoms in total. The fourth-order valence-corrected chi connectivity index (χ4v) is 1.81. The van der Waals surface area contributed by atoms with Crippen LogP contribution in [0.3, 0.4) is 0 Å². The Morgan fingerprint density at radius 3 is 2.56 bits per heavy atom. The Balaban J connectivity index is 2.25. The minimum absolute atomic E-state index is 0.278. The molecule has 0 saturated heterocycles. The minimum Gasteiger partial charge on any atom is -0.397 e. The summed E-state index contributed by atoms with van der Waals surface area (Å²) in [6, 6.07) is 10.6. The SMILES string of the molecule is CN(Cc1ccccc1F)c1cc(F)ccc1N. The normalized spacial score (nSPS) is 10.4. The van der Waals surface area contributed by atoms with Crippen LogP contribution in [0.15, 0.2) is 42.5 Å². The summed E-state index contributed by atoms with van der Waals surface area (Å²) >= 11 is 0. The van der Waals surface area contributed by atoms with Gasteiger partial charge in [-0.05, 0) is 24.3 Å². The molecule has 0 spiro atoms. The second-order valence-electron chi connectivity index (χ2n) is 4.15. The van der Waals surface area contributed by atoms with Gasteiger partial charge in [0.05, 0.1) is 11.4 Å². The predicted octanol–water partition coefficient (Wildman–Crippen LogP) is 3.18. The van der Waals surface area contributed by atoms with Crippen LogP contribution in [0.25, 0.3) is 0 Å². The molecule has 0 aliphatic rings. The van der Waals surface area contributed by atoms with Gasteiger partial charge in [-0.1, -0.05) is 18.2 Å². The fraction of sp³-hybridized carbons (Fsp3) is 0.143. The van der Waals surface area contributed by atoms with E-state index in [-0.39, 0.29) is 11.6 Å². The Labute approximate surface area is 105 Å². The van der Waals surface area contributed by atoms with Crippen LogP contribution in [0.4, 0.5) is 20.2 Å². The largest absolute Gasteiger partial charge is 0.397 e. The van der Waals surface area contributed by atoms with E-state index in [0.717, 1.165) is 0 Å². The topological polar surface area (TPSA) is 29.3 Å². The number of nitrogen functional groups attached to an aromatic ring is 1. The van der Waals surface area contributed by atoms with E-state index in [2.05, 4.69) is 0 Å². The third-order valence-corrected chi connectivity index (χ3v) is 2.77. The standard InChI is InChI=1S/C14H14F2N2/c1-18(9-10-4-2-3-5-12(10)16)14-8-11(15)6-7-13(14)17/h2-8H,9,17H2,1H3. The van der Waals surface area contributed by atoms with Gasteiger partial charge in [-0.2, -0.15) is 0 Å². The van der Waals surface area contributed by atoms with Crippen LogP contribution in [-0.2, 0) is 6.54 Å². The zero-order chi connectivity index (χ0) is 13.1. The fourth-order valence-electron chi connectivity index (χ4n) is 1.81. The summed E-state index contributed by atoms with van der Waals surface area (Å²) in [5, 5.41) is 0. The molecule has 0 unspecified atom stereocenters. The molecule has 18 heavy (non-hydrogen) atoms. The molecule has 2 N–H and O–H groups in total. The molecule has 0 amide bonds.